The molecule has 1 aromatic rings. The van der Waals surface area contributed by atoms with Crippen LogP contribution in [0.1, 0.15) is 32.1 Å². The van der Waals surface area contributed by atoms with Gasteiger partial charge in [0.25, 0.3) is 0 Å². The molecule has 25 heavy (non-hydrogen) atoms. The van der Waals surface area contributed by atoms with Crippen molar-refractivity contribution >= 4 is 42.1 Å². The van der Waals surface area contributed by atoms with Gasteiger partial charge in [-0.25, -0.2) is 0 Å². The number of benzene rings is 1. The van der Waals surface area contributed by atoms with Gasteiger partial charge in [-0.05, 0) is 69.0 Å². The van der Waals surface area contributed by atoms with E-state index in [4.69, 9.17) is 4.74 Å². The minimum atomic E-state index is 0. The molecule has 0 aliphatic carbocycles. The van der Waals surface area contributed by atoms with Crippen LogP contribution in [0.4, 0.5) is 11.4 Å². The molecule has 1 unspecified atom stereocenters. The molecular weight excluding hydrogens is 361 g/mol. The first-order valence-corrected chi connectivity index (χ1v) is 8.74. The number of rotatable bonds is 6. The number of carbonyl (C=O) groups is 1. The Labute approximate surface area is 162 Å². The van der Waals surface area contributed by atoms with Crippen molar-refractivity contribution in [2.75, 3.05) is 36.9 Å². The van der Waals surface area contributed by atoms with E-state index in [1.807, 2.05) is 24.3 Å². The highest BCUT2D eigenvalue weighted by Crippen LogP contribution is 2.19. The van der Waals surface area contributed by atoms with Gasteiger partial charge in [-0.3, -0.25) is 4.79 Å². The van der Waals surface area contributed by atoms with Crippen LogP contribution in [-0.2, 0) is 9.53 Å². The molecule has 2 fully saturated rings. The quantitative estimate of drug-likeness (QED) is 0.696. The van der Waals surface area contributed by atoms with Crippen molar-refractivity contribution in [1.82, 2.24) is 5.32 Å². The van der Waals surface area contributed by atoms with Crippen molar-refractivity contribution in [3.63, 3.8) is 0 Å². The summed E-state index contributed by atoms with van der Waals surface area (Å²) < 4.78 is 5.37. The molecule has 7 heteroatoms. The molecular formula is C18H29Cl2N3O2. The van der Waals surface area contributed by atoms with Crippen molar-refractivity contribution in [3.8, 4) is 0 Å². The standard InChI is InChI=1S/C18H27N3O2.2ClH/c22-18(6-1-14-7-10-19-13-14)21-16-4-2-15(3-5-16)20-17-8-11-23-12-9-17;;/h2-5,14,17,19-20H,1,6-13H2,(H,21,22);2*1H. The molecule has 2 saturated heterocycles. The van der Waals surface area contributed by atoms with Gasteiger partial charge < -0.3 is 20.7 Å². The fourth-order valence-electron chi connectivity index (χ4n) is 3.25. The summed E-state index contributed by atoms with van der Waals surface area (Å²) in [6.07, 6.45) is 4.87. The molecule has 0 spiro atoms. The Bertz CT molecular complexity index is 502. The largest absolute Gasteiger partial charge is 0.382 e. The molecule has 3 rings (SSSR count). The predicted octanol–water partition coefficient (Wildman–Crippen LogP) is 3.45. The lowest BCUT2D eigenvalue weighted by Gasteiger charge is -2.24. The fraction of sp³-hybridized carbons (Fsp3) is 0.611. The minimum Gasteiger partial charge on any atom is -0.382 e. The molecule has 2 aliphatic rings. The Morgan fingerprint density at radius 3 is 2.40 bits per heavy atom. The van der Waals surface area contributed by atoms with Crippen LogP contribution in [0.15, 0.2) is 24.3 Å². The summed E-state index contributed by atoms with van der Waals surface area (Å²) in [6.45, 7) is 3.82. The number of hydrogen-bond donors (Lipinski definition) is 3. The first-order valence-electron chi connectivity index (χ1n) is 8.74. The predicted molar refractivity (Wildman–Crippen MR) is 107 cm³/mol. The highest BCUT2D eigenvalue weighted by atomic mass is 35.5. The van der Waals surface area contributed by atoms with Crippen LogP contribution in [0.25, 0.3) is 0 Å². The summed E-state index contributed by atoms with van der Waals surface area (Å²) >= 11 is 0. The topological polar surface area (TPSA) is 62.4 Å². The number of ether oxygens (including phenoxy) is 1. The second-order valence-electron chi connectivity index (χ2n) is 6.55. The molecule has 1 atom stereocenters. The zero-order valence-electron chi connectivity index (χ0n) is 14.5. The first-order chi connectivity index (χ1) is 11.3. The second-order valence-corrected chi connectivity index (χ2v) is 6.55. The summed E-state index contributed by atoms with van der Waals surface area (Å²) in [7, 11) is 0. The van der Waals surface area contributed by atoms with Crippen LogP contribution < -0.4 is 16.0 Å². The number of hydrogen-bond acceptors (Lipinski definition) is 4. The highest BCUT2D eigenvalue weighted by molar-refractivity contribution is 5.90. The summed E-state index contributed by atoms with van der Waals surface area (Å²) in [6, 6.07) is 8.50. The second kappa shape index (κ2) is 11.6. The molecule has 0 bridgehead atoms. The normalized spacial score (nSPS) is 20.2. The maximum atomic E-state index is 12.0. The van der Waals surface area contributed by atoms with E-state index in [1.54, 1.807) is 0 Å². The molecule has 0 saturated carbocycles. The van der Waals surface area contributed by atoms with E-state index in [0.717, 1.165) is 56.9 Å². The van der Waals surface area contributed by atoms with Gasteiger partial charge >= 0.3 is 0 Å². The Hall–Kier alpha value is -1.01. The van der Waals surface area contributed by atoms with Gasteiger partial charge in [-0.1, -0.05) is 0 Å². The van der Waals surface area contributed by atoms with Gasteiger partial charge in [0.15, 0.2) is 0 Å². The Kier molecular flexibility index (Phi) is 10.2. The molecule has 3 N–H and O–H groups in total. The van der Waals surface area contributed by atoms with E-state index in [9.17, 15) is 4.79 Å². The molecule has 0 radical (unpaired) electrons. The minimum absolute atomic E-state index is 0. The third kappa shape index (κ3) is 7.40. The van der Waals surface area contributed by atoms with E-state index in [2.05, 4.69) is 16.0 Å². The van der Waals surface area contributed by atoms with E-state index < -0.39 is 0 Å². The van der Waals surface area contributed by atoms with Crippen LogP contribution >= 0.6 is 24.8 Å². The molecule has 1 aromatic carbocycles. The SMILES string of the molecule is Cl.Cl.O=C(CCC1CCNC1)Nc1ccc(NC2CCOCC2)cc1. The molecule has 2 aliphatic heterocycles. The summed E-state index contributed by atoms with van der Waals surface area (Å²) in [4.78, 5) is 12.0. The average molecular weight is 390 g/mol. The Morgan fingerprint density at radius 1 is 1.08 bits per heavy atom. The smallest absolute Gasteiger partial charge is 0.224 e. The van der Waals surface area contributed by atoms with Crippen LogP contribution in [-0.4, -0.2) is 38.3 Å². The zero-order valence-corrected chi connectivity index (χ0v) is 16.1. The van der Waals surface area contributed by atoms with E-state index in [-0.39, 0.29) is 30.7 Å². The Morgan fingerprint density at radius 2 is 1.76 bits per heavy atom. The maximum Gasteiger partial charge on any atom is 0.224 e. The third-order valence-corrected chi connectivity index (χ3v) is 4.70. The zero-order chi connectivity index (χ0) is 15.9. The van der Waals surface area contributed by atoms with Crippen LogP contribution in [0.3, 0.4) is 0 Å². The Balaban J connectivity index is 0.00000156. The lowest BCUT2D eigenvalue weighted by atomic mass is 10.0. The van der Waals surface area contributed by atoms with E-state index in [1.165, 1.54) is 6.42 Å². The van der Waals surface area contributed by atoms with Gasteiger partial charge in [0, 0.05) is 37.1 Å². The van der Waals surface area contributed by atoms with Gasteiger partial charge in [0.05, 0.1) is 0 Å². The van der Waals surface area contributed by atoms with E-state index >= 15 is 0 Å². The number of anilines is 2. The van der Waals surface area contributed by atoms with Gasteiger partial charge in [0.1, 0.15) is 0 Å². The van der Waals surface area contributed by atoms with Crippen molar-refractivity contribution in [1.29, 1.82) is 0 Å². The lowest BCUT2D eigenvalue weighted by molar-refractivity contribution is -0.116. The first kappa shape index (κ1) is 22.0. The summed E-state index contributed by atoms with van der Waals surface area (Å²) in [5.41, 5.74) is 1.98. The summed E-state index contributed by atoms with van der Waals surface area (Å²) in [5, 5.41) is 9.85. The van der Waals surface area contributed by atoms with Crippen molar-refractivity contribution in [2.45, 2.75) is 38.1 Å². The van der Waals surface area contributed by atoms with Crippen molar-refractivity contribution in [3.05, 3.63) is 24.3 Å². The molecule has 142 valence electrons. The lowest BCUT2D eigenvalue weighted by Crippen LogP contribution is -2.27. The number of halogens is 2. The highest BCUT2D eigenvalue weighted by Gasteiger charge is 2.16. The molecule has 0 aromatic heterocycles. The third-order valence-electron chi connectivity index (χ3n) is 4.70. The molecule has 1 amide bonds. The van der Waals surface area contributed by atoms with Crippen LogP contribution in [0.5, 0.6) is 0 Å². The monoisotopic (exact) mass is 389 g/mol. The van der Waals surface area contributed by atoms with Gasteiger partial charge in [-0.2, -0.15) is 0 Å². The van der Waals surface area contributed by atoms with Crippen LogP contribution in [0, 0.1) is 5.92 Å². The van der Waals surface area contributed by atoms with Crippen molar-refractivity contribution in [2.24, 2.45) is 5.92 Å². The van der Waals surface area contributed by atoms with Gasteiger partial charge in [0.2, 0.25) is 5.91 Å². The van der Waals surface area contributed by atoms with Crippen LogP contribution in [0.2, 0.25) is 0 Å². The molecule has 2 heterocycles. The van der Waals surface area contributed by atoms with Crippen molar-refractivity contribution < 1.29 is 9.53 Å². The summed E-state index contributed by atoms with van der Waals surface area (Å²) in [5.74, 6) is 0.772. The number of nitrogens with one attached hydrogen (secondary N) is 3. The number of carbonyl (C=O) groups excluding carboxylic acids is 1. The number of amides is 1. The molecule has 5 nitrogen and oxygen atoms in total. The van der Waals surface area contributed by atoms with E-state index in [0.29, 0.717) is 18.4 Å². The average Bonchev–Trinajstić information content (AvgIpc) is 3.09. The van der Waals surface area contributed by atoms with Gasteiger partial charge in [-0.15, -0.1) is 24.8 Å². The maximum absolute atomic E-state index is 12.0. The fourth-order valence-corrected chi connectivity index (χ4v) is 3.25.